The molecule has 1 aromatic carbocycles. The van der Waals surface area contributed by atoms with Crippen LogP contribution in [0, 0.1) is 30.6 Å². The number of aromatic nitrogens is 2. The van der Waals surface area contributed by atoms with E-state index in [1.165, 1.54) is 11.1 Å². The van der Waals surface area contributed by atoms with Crippen LogP contribution < -0.4 is 10.6 Å². The van der Waals surface area contributed by atoms with Crippen LogP contribution in [0.4, 0.5) is 0 Å². The first kappa shape index (κ1) is 23.2. The maximum absolute atomic E-state index is 11.0. The first-order valence-corrected chi connectivity index (χ1v) is 11.4. The molecule has 3 rings (SSSR count). The topological polar surface area (TPSA) is 80.0 Å². The van der Waals surface area contributed by atoms with E-state index in [2.05, 4.69) is 66.7 Å². The Bertz CT molecular complexity index is 885. The Morgan fingerprint density at radius 2 is 1.90 bits per heavy atom. The van der Waals surface area contributed by atoms with Gasteiger partial charge in [-0.1, -0.05) is 43.2 Å². The lowest BCUT2D eigenvalue weighted by molar-refractivity contribution is -0.118. The number of nitrogens with one attached hydrogen (secondary N) is 2. The Morgan fingerprint density at radius 3 is 2.58 bits per heavy atom. The van der Waals surface area contributed by atoms with Crippen LogP contribution in [0.2, 0.25) is 0 Å². The van der Waals surface area contributed by atoms with Crippen LogP contribution in [0.3, 0.4) is 0 Å². The summed E-state index contributed by atoms with van der Waals surface area (Å²) in [5.41, 5.74) is 3.58. The fraction of sp³-hybridized carbons (Fsp3) is 0.560. The number of hydrogen-bond donors (Lipinski definition) is 2. The highest BCUT2D eigenvalue weighted by Gasteiger charge is 2.32. The average Bonchev–Trinajstić information content (AvgIpc) is 3.18. The third-order valence-electron chi connectivity index (χ3n) is 6.33. The van der Waals surface area contributed by atoms with E-state index in [0.717, 1.165) is 31.5 Å². The number of carbonyl (C=O) groups is 1. The quantitative estimate of drug-likeness (QED) is 0.467. The van der Waals surface area contributed by atoms with Crippen LogP contribution in [0.1, 0.15) is 45.6 Å². The lowest BCUT2D eigenvalue weighted by atomic mass is 9.70. The van der Waals surface area contributed by atoms with Crippen molar-refractivity contribution in [3.05, 3.63) is 47.4 Å². The van der Waals surface area contributed by atoms with E-state index in [0.29, 0.717) is 42.0 Å². The number of allylic oxidation sites excluding steroid dienone is 1. The van der Waals surface area contributed by atoms with E-state index in [1.807, 2.05) is 12.1 Å². The molecule has 0 aliphatic heterocycles. The number of hydrogen-bond acceptors (Lipinski definition) is 5. The lowest BCUT2D eigenvalue weighted by Gasteiger charge is -2.37. The zero-order chi connectivity index (χ0) is 22.4. The van der Waals surface area contributed by atoms with E-state index in [4.69, 9.17) is 4.42 Å². The summed E-state index contributed by atoms with van der Waals surface area (Å²) >= 11 is 0. The summed E-state index contributed by atoms with van der Waals surface area (Å²) in [6.07, 6.45) is 4.34. The fourth-order valence-corrected chi connectivity index (χ4v) is 4.46. The molecule has 0 fully saturated rings. The summed E-state index contributed by atoms with van der Waals surface area (Å²) in [6.45, 7) is 12.9. The Kier molecular flexibility index (Phi) is 8.02. The molecular weight excluding hydrogens is 388 g/mol. The van der Waals surface area contributed by atoms with Crippen molar-refractivity contribution in [2.24, 2.45) is 23.7 Å². The van der Waals surface area contributed by atoms with E-state index in [9.17, 15) is 4.79 Å². The van der Waals surface area contributed by atoms with Gasteiger partial charge in [-0.15, -0.1) is 10.2 Å². The van der Waals surface area contributed by atoms with Gasteiger partial charge in [-0.05, 0) is 56.1 Å². The molecule has 2 aromatic rings. The Morgan fingerprint density at radius 1 is 1.16 bits per heavy atom. The van der Waals surface area contributed by atoms with E-state index < -0.39 is 0 Å². The number of nitrogens with zero attached hydrogens (tertiary/aromatic N) is 2. The lowest BCUT2D eigenvalue weighted by Crippen LogP contribution is -2.37. The van der Waals surface area contributed by atoms with Gasteiger partial charge in [0.1, 0.15) is 0 Å². The van der Waals surface area contributed by atoms with E-state index >= 15 is 0 Å². The van der Waals surface area contributed by atoms with Crippen molar-refractivity contribution in [2.45, 2.75) is 47.5 Å². The molecule has 1 amide bonds. The molecule has 2 N–H and O–H groups in total. The van der Waals surface area contributed by atoms with Crippen LogP contribution in [0.25, 0.3) is 11.5 Å². The minimum Gasteiger partial charge on any atom is -0.421 e. The van der Waals surface area contributed by atoms with Crippen LogP contribution >= 0.6 is 0 Å². The highest BCUT2D eigenvalue weighted by Crippen LogP contribution is 2.38. The molecule has 168 valence electrons. The second kappa shape index (κ2) is 10.7. The van der Waals surface area contributed by atoms with Crippen molar-refractivity contribution in [1.82, 2.24) is 20.8 Å². The maximum Gasteiger partial charge on any atom is 0.247 e. The van der Waals surface area contributed by atoms with Crippen molar-refractivity contribution < 1.29 is 9.21 Å². The van der Waals surface area contributed by atoms with E-state index in [-0.39, 0.29) is 5.91 Å². The average molecular weight is 425 g/mol. The van der Waals surface area contributed by atoms with Crippen molar-refractivity contribution >= 4 is 5.91 Å². The summed E-state index contributed by atoms with van der Waals surface area (Å²) in [5, 5.41) is 14.9. The van der Waals surface area contributed by atoms with Crippen LogP contribution in [0.5, 0.6) is 0 Å². The molecule has 1 heterocycles. The van der Waals surface area contributed by atoms with Gasteiger partial charge in [0.05, 0.1) is 0 Å². The monoisotopic (exact) mass is 424 g/mol. The number of carbonyl (C=O) groups excluding carboxylic acids is 1. The third kappa shape index (κ3) is 6.50. The molecular formula is C25H36N4O2. The van der Waals surface area contributed by atoms with Crippen molar-refractivity contribution in [1.29, 1.82) is 0 Å². The second-order valence-electron chi connectivity index (χ2n) is 9.17. The standard InChI is InChI=1S/C25H36N4O2/c1-16(2)23-13-21(18(4)12-22(23)15-26-10-11-27-19(5)30)14-24-28-29-25(31-24)20-8-6-17(3)7-9-20/h6-9,12,16,21-23,26H,10-11,13-15H2,1-5H3,(H,27,30)/t21-,22-,23-/m0/s1. The molecule has 0 spiro atoms. The molecule has 0 unspecified atom stereocenters. The van der Waals surface area contributed by atoms with Crippen molar-refractivity contribution in [3.8, 4) is 11.5 Å². The summed E-state index contributed by atoms with van der Waals surface area (Å²) in [6, 6.07) is 8.17. The molecule has 0 saturated heterocycles. The minimum absolute atomic E-state index is 0.0182. The van der Waals surface area contributed by atoms with Crippen LogP contribution in [-0.4, -0.2) is 35.7 Å². The number of benzene rings is 1. The highest BCUT2D eigenvalue weighted by atomic mass is 16.4. The molecule has 6 nitrogen and oxygen atoms in total. The van der Waals surface area contributed by atoms with Crippen LogP contribution in [0.15, 0.2) is 40.3 Å². The molecule has 31 heavy (non-hydrogen) atoms. The first-order valence-electron chi connectivity index (χ1n) is 11.4. The normalized spacial score (nSPS) is 21.2. The molecule has 0 saturated carbocycles. The van der Waals surface area contributed by atoms with Gasteiger partial charge in [0.25, 0.3) is 0 Å². The SMILES string of the molecule is CC(=O)NCCNC[C@@H]1C=C(C)[C@H](Cc2nnc(-c3ccc(C)cc3)o2)C[C@H]1C(C)C. The molecule has 0 radical (unpaired) electrons. The predicted octanol–water partition coefficient (Wildman–Crippen LogP) is 4.17. The predicted molar refractivity (Wildman–Crippen MR) is 123 cm³/mol. The second-order valence-corrected chi connectivity index (χ2v) is 9.17. The molecule has 1 aliphatic carbocycles. The van der Waals surface area contributed by atoms with Crippen molar-refractivity contribution in [2.75, 3.05) is 19.6 Å². The highest BCUT2D eigenvalue weighted by molar-refractivity contribution is 5.72. The molecule has 1 aliphatic rings. The zero-order valence-electron chi connectivity index (χ0n) is 19.4. The van der Waals surface area contributed by atoms with Gasteiger partial charge in [-0.3, -0.25) is 4.79 Å². The Hall–Kier alpha value is -2.47. The summed E-state index contributed by atoms with van der Waals surface area (Å²) < 4.78 is 6.00. The van der Waals surface area contributed by atoms with E-state index in [1.54, 1.807) is 6.92 Å². The smallest absolute Gasteiger partial charge is 0.247 e. The molecule has 6 heteroatoms. The van der Waals surface area contributed by atoms with Gasteiger partial charge in [0, 0.05) is 38.5 Å². The van der Waals surface area contributed by atoms with Gasteiger partial charge in [-0.25, -0.2) is 0 Å². The van der Waals surface area contributed by atoms with Crippen LogP contribution in [-0.2, 0) is 11.2 Å². The molecule has 0 bridgehead atoms. The molecule has 3 atom stereocenters. The van der Waals surface area contributed by atoms with Gasteiger partial charge in [-0.2, -0.15) is 0 Å². The molecule has 1 aromatic heterocycles. The largest absolute Gasteiger partial charge is 0.421 e. The summed E-state index contributed by atoms with van der Waals surface area (Å²) in [5.74, 6) is 3.44. The summed E-state index contributed by atoms with van der Waals surface area (Å²) in [7, 11) is 0. The third-order valence-corrected chi connectivity index (χ3v) is 6.33. The van der Waals surface area contributed by atoms with Crippen molar-refractivity contribution in [3.63, 3.8) is 0 Å². The number of amides is 1. The number of rotatable bonds is 9. The Balaban J connectivity index is 1.62. The summed E-state index contributed by atoms with van der Waals surface area (Å²) in [4.78, 5) is 11.0. The maximum atomic E-state index is 11.0. The van der Waals surface area contributed by atoms with Gasteiger partial charge < -0.3 is 15.1 Å². The fourth-order valence-electron chi connectivity index (χ4n) is 4.46. The zero-order valence-corrected chi connectivity index (χ0v) is 19.4. The van der Waals surface area contributed by atoms with Gasteiger partial charge in [0.2, 0.25) is 17.7 Å². The van der Waals surface area contributed by atoms with Gasteiger partial charge >= 0.3 is 0 Å². The minimum atomic E-state index is 0.0182. The number of aryl methyl sites for hydroxylation is 1. The Labute approximate surface area is 185 Å². The first-order chi connectivity index (χ1) is 14.8. The van der Waals surface area contributed by atoms with Gasteiger partial charge in [0.15, 0.2) is 0 Å².